The van der Waals surface area contributed by atoms with Crippen LogP contribution in [0.4, 0.5) is 5.69 Å². The fourth-order valence-electron chi connectivity index (χ4n) is 3.41. The third-order valence-electron chi connectivity index (χ3n) is 4.83. The van der Waals surface area contributed by atoms with Gasteiger partial charge in [0.2, 0.25) is 5.91 Å². The van der Waals surface area contributed by atoms with E-state index in [0.717, 1.165) is 28.9 Å². The fourth-order valence-corrected chi connectivity index (χ4v) is 3.93. The summed E-state index contributed by atoms with van der Waals surface area (Å²) < 4.78 is 1.80. The zero-order valence-electron chi connectivity index (χ0n) is 15.8. The van der Waals surface area contributed by atoms with Gasteiger partial charge < -0.3 is 9.72 Å². The molecule has 0 bridgehead atoms. The number of fused-ring (bicyclic) bond motifs is 1. The highest BCUT2D eigenvalue weighted by Gasteiger charge is 2.19. The second-order valence-electron chi connectivity index (χ2n) is 6.80. The Hall–Kier alpha value is -2.82. The van der Waals surface area contributed by atoms with Gasteiger partial charge in [-0.1, -0.05) is 72.6 Å². The summed E-state index contributed by atoms with van der Waals surface area (Å²) >= 11 is 12.3. The molecule has 2 aromatic carbocycles. The van der Waals surface area contributed by atoms with Gasteiger partial charge in [-0.25, -0.2) is 4.98 Å². The zero-order valence-corrected chi connectivity index (χ0v) is 17.3. The van der Waals surface area contributed by atoms with Crippen LogP contribution >= 0.6 is 23.2 Å². The Morgan fingerprint density at radius 1 is 1.07 bits per heavy atom. The number of halogens is 2. The van der Waals surface area contributed by atoms with Crippen molar-refractivity contribution in [2.24, 2.45) is 0 Å². The Balaban J connectivity index is 1.61. The molecule has 6 heteroatoms. The first-order chi connectivity index (χ1) is 14.0. The number of imidazole rings is 1. The first kappa shape index (κ1) is 19.5. The smallest absolute Gasteiger partial charge is 0.231 e. The highest BCUT2D eigenvalue weighted by Crippen LogP contribution is 2.28. The predicted molar refractivity (Wildman–Crippen MR) is 119 cm³/mol. The second-order valence-corrected chi connectivity index (χ2v) is 7.65. The van der Waals surface area contributed by atoms with Gasteiger partial charge in [0.15, 0.2) is 5.65 Å². The van der Waals surface area contributed by atoms with Crippen LogP contribution in [0, 0.1) is 0 Å². The van der Waals surface area contributed by atoms with Gasteiger partial charge in [0.1, 0.15) is 0 Å². The molecule has 2 heterocycles. The van der Waals surface area contributed by atoms with Gasteiger partial charge in [-0.3, -0.25) is 4.79 Å². The lowest BCUT2D eigenvalue weighted by Gasteiger charge is -2.15. The Labute approximate surface area is 179 Å². The number of benzene rings is 2. The molecule has 1 amide bonds. The Morgan fingerprint density at radius 3 is 2.62 bits per heavy atom. The molecule has 0 spiro atoms. The molecule has 4 aromatic rings. The van der Waals surface area contributed by atoms with Crippen molar-refractivity contribution in [1.29, 1.82) is 0 Å². The molecule has 1 N–H and O–H groups in total. The summed E-state index contributed by atoms with van der Waals surface area (Å²) in [6, 6.07) is 19.1. The normalized spacial score (nSPS) is 12.1. The van der Waals surface area contributed by atoms with E-state index in [1.165, 1.54) is 0 Å². The second kappa shape index (κ2) is 8.27. The number of anilines is 1. The number of pyridine rings is 1. The number of hydrogen-bond donors (Lipinski definition) is 1. The van der Waals surface area contributed by atoms with Gasteiger partial charge in [0.05, 0.1) is 21.7 Å². The van der Waals surface area contributed by atoms with Crippen molar-refractivity contribution in [3.63, 3.8) is 0 Å². The lowest BCUT2D eigenvalue weighted by molar-refractivity contribution is -0.117. The molecule has 146 valence electrons. The summed E-state index contributed by atoms with van der Waals surface area (Å²) in [7, 11) is 0. The molecular weight excluding hydrogens is 405 g/mol. The minimum Gasteiger partial charge on any atom is -0.326 e. The van der Waals surface area contributed by atoms with Gasteiger partial charge in [-0.15, -0.1) is 0 Å². The molecular formula is C23H19Cl2N3O. The fraction of sp³-hybridized carbons (Fsp3) is 0.130. The molecule has 0 saturated heterocycles. The van der Waals surface area contributed by atoms with E-state index in [9.17, 15) is 4.79 Å². The summed E-state index contributed by atoms with van der Waals surface area (Å²) in [6.07, 6.45) is 4.35. The molecule has 0 aliphatic rings. The molecule has 2 aromatic heterocycles. The van der Waals surface area contributed by atoms with Crippen LogP contribution in [0.3, 0.4) is 0 Å². The molecule has 1 unspecified atom stereocenters. The molecule has 4 nitrogen and oxygen atoms in total. The lowest BCUT2D eigenvalue weighted by atomic mass is 9.95. The van der Waals surface area contributed by atoms with E-state index in [0.29, 0.717) is 15.7 Å². The standard InChI is InChI=1S/C23H19Cl2N3O/c1-2-19(15-7-4-3-5-8-15)23(29)26-18-10-6-9-16(11-18)21-14-28-13-17(24)12-20(25)22(28)27-21/h3-14,19H,2H2,1H3,(H,26,29). The van der Waals surface area contributed by atoms with Crippen molar-refractivity contribution >= 4 is 40.4 Å². The number of amides is 1. The van der Waals surface area contributed by atoms with Gasteiger partial charge >= 0.3 is 0 Å². The number of carbonyl (C=O) groups excluding carboxylic acids is 1. The Kier molecular flexibility index (Phi) is 5.56. The van der Waals surface area contributed by atoms with E-state index in [1.54, 1.807) is 16.7 Å². The number of hydrogen-bond acceptors (Lipinski definition) is 2. The summed E-state index contributed by atoms with van der Waals surface area (Å²) in [5.74, 6) is -0.225. The number of carbonyl (C=O) groups is 1. The van der Waals surface area contributed by atoms with E-state index in [1.807, 2.05) is 67.7 Å². The highest BCUT2D eigenvalue weighted by molar-refractivity contribution is 6.36. The molecule has 4 rings (SSSR count). The maximum atomic E-state index is 12.9. The summed E-state index contributed by atoms with van der Waals surface area (Å²) in [6.45, 7) is 2.01. The minimum absolute atomic E-state index is 0.0272. The van der Waals surface area contributed by atoms with Crippen LogP contribution in [0.1, 0.15) is 24.8 Å². The van der Waals surface area contributed by atoms with Gasteiger partial charge in [-0.2, -0.15) is 0 Å². The molecule has 1 atom stereocenters. The van der Waals surface area contributed by atoms with Crippen molar-refractivity contribution in [1.82, 2.24) is 9.38 Å². The number of nitrogens with zero attached hydrogens (tertiary/aromatic N) is 2. The van der Waals surface area contributed by atoms with Crippen molar-refractivity contribution < 1.29 is 4.79 Å². The van der Waals surface area contributed by atoms with Crippen molar-refractivity contribution in [3.05, 3.63) is 88.7 Å². The van der Waals surface area contributed by atoms with Crippen LogP contribution in [0.15, 0.2) is 73.1 Å². The number of rotatable bonds is 5. The topological polar surface area (TPSA) is 46.4 Å². The van der Waals surface area contributed by atoms with Crippen molar-refractivity contribution in [2.75, 3.05) is 5.32 Å². The van der Waals surface area contributed by atoms with Crippen LogP contribution in [-0.2, 0) is 4.79 Å². The molecule has 0 aliphatic heterocycles. The van der Waals surface area contributed by atoms with E-state index in [4.69, 9.17) is 23.2 Å². The van der Waals surface area contributed by atoms with Gasteiger partial charge in [0.25, 0.3) is 0 Å². The van der Waals surface area contributed by atoms with Crippen molar-refractivity contribution in [3.8, 4) is 11.3 Å². The Morgan fingerprint density at radius 2 is 1.86 bits per heavy atom. The van der Waals surface area contributed by atoms with Gasteiger partial charge in [-0.05, 0) is 30.2 Å². The summed E-state index contributed by atoms with van der Waals surface area (Å²) in [5.41, 5.74) is 4.00. The van der Waals surface area contributed by atoms with E-state index < -0.39 is 0 Å². The SMILES string of the molecule is CCC(C(=O)Nc1cccc(-c2cn3cc(Cl)cc(Cl)c3n2)c1)c1ccccc1. The molecule has 29 heavy (non-hydrogen) atoms. The monoisotopic (exact) mass is 423 g/mol. The summed E-state index contributed by atoms with van der Waals surface area (Å²) in [4.78, 5) is 17.5. The predicted octanol–water partition coefficient (Wildman–Crippen LogP) is 6.44. The molecule has 0 fully saturated rings. The quantitative estimate of drug-likeness (QED) is 0.401. The lowest BCUT2D eigenvalue weighted by Crippen LogP contribution is -2.20. The van der Waals surface area contributed by atoms with Crippen LogP contribution in [0.5, 0.6) is 0 Å². The minimum atomic E-state index is -0.198. The zero-order chi connectivity index (χ0) is 20.4. The van der Waals surface area contributed by atoms with E-state index in [2.05, 4.69) is 10.3 Å². The van der Waals surface area contributed by atoms with E-state index >= 15 is 0 Å². The first-order valence-electron chi connectivity index (χ1n) is 9.35. The first-order valence-corrected chi connectivity index (χ1v) is 10.1. The number of aromatic nitrogens is 2. The molecule has 0 aliphatic carbocycles. The average Bonchev–Trinajstić information content (AvgIpc) is 3.14. The van der Waals surface area contributed by atoms with Crippen LogP contribution in [0.25, 0.3) is 16.9 Å². The van der Waals surface area contributed by atoms with Crippen molar-refractivity contribution in [2.45, 2.75) is 19.3 Å². The van der Waals surface area contributed by atoms with Crippen LogP contribution in [0.2, 0.25) is 10.0 Å². The van der Waals surface area contributed by atoms with Gasteiger partial charge in [0, 0.05) is 23.6 Å². The highest BCUT2D eigenvalue weighted by atomic mass is 35.5. The molecule has 0 radical (unpaired) electrons. The van der Waals surface area contributed by atoms with Crippen LogP contribution in [-0.4, -0.2) is 15.3 Å². The van der Waals surface area contributed by atoms with Crippen LogP contribution < -0.4 is 5.32 Å². The Bertz CT molecular complexity index is 1170. The third-order valence-corrected chi connectivity index (χ3v) is 5.31. The largest absolute Gasteiger partial charge is 0.326 e. The average molecular weight is 424 g/mol. The maximum absolute atomic E-state index is 12.9. The van der Waals surface area contributed by atoms with E-state index in [-0.39, 0.29) is 11.8 Å². The third kappa shape index (κ3) is 4.14. The maximum Gasteiger partial charge on any atom is 0.231 e. The molecule has 0 saturated carbocycles. The number of nitrogens with one attached hydrogen (secondary N) is 1. The summed E-state index contributed by atoms with van der Waals surface area (Å²) in [5, 5.41) is 4.06.